The third-order valence-corrected chi connectivity index (χ3v) is 4.52. The lowest BCUT2D eigenvalue weighted by Crippen LogP contribution is -2.47. The number of rotatable bonds is 4. The summed E-state index contributed by atoms with van der Waals surface area (Å²) in [5.41, 5.74) is 2.32. The van der Waals surface area contributed by atoms with Crippen LogP contribution in [0.3, 0.4) is 0 Å². The van der Waals surface area contributed by atoms with E-state index in [0.29, 0.717) is 18.9 Å². The van der Waals surface area contributed by atoms with Gasteiger partial charge in [-0.05, 0) is 49.8 Å². The first-order valence-electron chi connectivity index (χ1n) is 8.33. The van der Waals surface area contributed by atoms with Crippen molar-refractivity contribution in [2.45, 2.75) is 51.2 Å². The number of guanidine groups is 1. The van der Waals surface area contributed by atoms with Crippen LogP contribution in [0, 0.1) is 12.8 Å². The van der Waals surface area contributed by atoms with Crippen molar-refractivity contribution < 1.29 is 13.2 Å². The minimum Gasteiger partial charge on any atom is -0.356 e. The van der Waals surface area contributed by atoms with Crippen molar-refractivity contribution in [1.82, 2.24) is 15.6 Å². The van der Waals surface area contributed by atoms with E-state index in [9.17, 15) is 13.2 Å². The van der Waals surface area contributed by atoms with Crippen LogP contribution in [0.15, 0.2) is 23.5 Å². The molecule has 25 heavy (non-hydrogen) atoms. The van der Waals surface area contributed by atoms with Gasteiger partial charge in [0.05, 0.1) is 5.92 Å². The fraction of sp³-hybridized carbons (Fsp3) is 0.647. The number of aliphatic imine (C=N–C) groups is 1. The molecule has 0 amide bonds. The minimum atomic E-state index is -4.10. The Morgan fingerprint density at radius 3 is 2.76 bits per heavy atom. The molecule has 1 aliphatic carbocycles. The predicted molar refractivity (Wildman–Crippen MR) is 104 cm³/mol. The van der Waals surface area contributed by atoms with E-state index in [1.165, 1.54) is 5.56 Å². The highest BCUT2D eigenvalue weighted by Gasteiger charge is 2.42. The van der Waals surface area contributed by atoms with Gasteiger partial charge in [0.25, 0.3) is 0 Å². The number of alkyl halides is 3. The molecule has 1 fully saturated rings. The van der Waals surface area contributed by atoms with Gasteiger partial charge in [-0.1, -0.05) is 6.42 Å². The molecule has 2 unspecified atom stereocenters. The SMILES string of the molecule is CN=C(NCCc1ccncc1C)NC1CCCC(C(F)(F)F)C1.I. The smallest absolute Gasteiger partial charge is 0.356 e. The highest BCUT2D eigenvalue weighted by molar-refractivity contribution is 14.0. The molecule has 0 bridgehead atoms. The van der Waals surface area contributed by atoms with Crippen LogP contribution in [0.1, 0.15) is 36.8 Å². The maximum absolute atomic E-state index is 12.9. The molecule has 0 radical (unpaired) electrons. The molecule has 142 valence electrons. The van der Waals surface area contributed by atoms with Crippen molar-refractivity contribution in [1.29, 1.82) is 0 Å². The van der Waals surface area contributed by atoms with Crippen molar-refractivity contribution in [3.05, 3.63) is 29.6 Å². The average molecular weight is 470 g/mol. The molecule has 1 aromatic heterocycles. The fourth-order valence-electron chi connectivity index (χ4n) is 3.10. The van der Waals surface area contributed by atoms with Gasteiger partial charge in [-0.25, -0.2) is 0 Å². The quantitative estimate of drug-likeness (QED) is 0.400. The molecule has 4 nitrogen and oxygen atoms in total. The highest BCUT2D eigenvalue weighted by Crippen LogP contribution is 2.37. The average Bonchev–Trinajstić information content (AvgIpc) is 2.55. The summed E-state index contributed by atoms with van der Waals surface area (Å²) in [5, 5.41) is 6.32. The van der Waals surface area contributed by atoms with Gasteiger partial charge >= 0.3 is 6.18 Å². The summed E-state index contributed by atoms with van der Waals surface area (Å²) in [6.45, 7) is 2.68. The van der Waals surface area contributed by atoms with E-state index in [0.717, 1.165) is 18.4 Å². The monoisotopic (exact) mass is 470 g/mol. The van der Waals surface area contributed by atoms with Gasteiger partial charge in [-0.15, -0.1) is 24.0 Å². The van der Waals surface area contributed by atoms with Crippen LogP contribution in [-0.4, -0.2) is 36.8 Å². The van der Waals surface area contributed by atoms with Gasteiger partial charge in [0.1, 0.15) is 0 Å². The summed E-state index contributed by atoms with van der Waals surface area (Å²) in [7, 11) is 1.64. The lowest BCUT2D eigenvalue weighted by Gasteiger charge is -2.31. The second-order valence-corrected chi connectivity index (χ2v) is 6.30. The maximum atomic E-state index is 12.9. The number of aryl methyl sites for hydroxylation is 1. The largest absolute Gasteiger partial charge is 0.391 e. The molecule has 1 saturated carbocycles. The summed E-state index contributed by atoms with van der Waals surface area (Å²) in [6, 6.07) is 1.79. The number of hydrogen-bond acceptors (Lipinski definition) is 2. The molecule has 1 aliphatic rings. The summed E-state index contributed by atoms with van der Waals surface area (Å²) in [4.78, 5) is 8.18. The molecule has 1 heterocycles. The maximum Gasteiger partial charge on any atom is 0.391 e. The fourth-order valence-corrected chi connectivity index (χ4v) is 3.10. The van der Waals surface area contributed by atoms with Crippen LogP contribution < -0.4 is 10.6 Å². The molecular weight excluding hydrogens is 444 g/mol. The van der Waals surface area contributed by atoms with Crippen molar-refractivity contribution in [3.63, 3.8) is 0 Å². The van der Waals surface area contributed by atoms with Crippen molar-refractivity contribution >= 4 is 29.9 Å². The zero-order valence-electron chi connectivity index (χ0n) is 14.6. The first kappa shape index (κ1) is 22.0. The molecule has 2 N–H and O–H groups in total. The summed E-state index contributed by atoms with van der Waals surface area (Å²) in [5.74, 6) is -0.643. The first-order chi connectivity index (χ1) is 11.4. The zero-order chi connectivity index (χ0) is 17.6. The van der Waals surface area contributed by atoms with Crippen LogP contribution in [0.25, 0.3) is 0 Å². The minimum absolute atomic E-state index is 0. The Morgan fingerprint density at radius 2 is 2.12 bits per heavy atom. The Balaban J connectivity index is 0.00000312. The predicted octanol–water partition coefficient (Wildman–Crippen LogP) is 3.84. The van der Waals surface area contributed by atoms with E-state index in [4.69, 9.17) is 0 Å². The second-order valence-electron chi connectivity index (χ2n) is 6.30. The number of halogens is 4. The van der Waals surface area contributed by atoms with Crippen LogP contribution in [0.4, 0.5) is 13.2 Å². The Hall–Kier alpha value is -1.06. The summed E-state index contributed by atoms with van der Waals surface area (Å²) < 4.78 is 38.7. The Labute approximate surface area is 164 Å². The van der Waals surface area contributed by atoms with Gasteiger partial charge in [-0.2, -0.15) is 13.2 Å². The van der Waals surface area contributed by atoms with Crippen molar-refractivity contribution in [2.75, 3.05) is 13.6 Å². The van der Waals surface area contributed by atoms with E-state index in [-0.39, 0.29) is 42.9 Å². The number of nitrogens with zero attached hydrogens (tertiary/aromatic N) is 2. The van der Waals surface area contributed by atoms with E-state index in [1.54, 1.807) is 13.2 Å². The van der Waals surface area contributed by atoms with Gasteiger partial charge < -0.3 is 10.6 Å². The number of nitrogens with one attached hydrogen (secondary N) is 2. The highest BCUT2D eigenvalue weighted by atomic mass is 127. The Bertz CT molecular complexity index is 563. The van der Waals surface area contributed by atoms with Gasteiger partial charge in [0, 0.05) is 32.0 Å². The standard InChI is InChI=1S/C17H25F3N4.HI/c1-12-11-22-8-6-13(12)7-9-23-16(21-2)24-15-5-3-4-14(10-15)17(18,19)20;/h6,8,11,14-15H,3-5,7,9-10H2,1-2H3,(H2,21,23,24);1H. The van der Waals surface area contributed by atoms with Crippen molar-refractivity contribution in [3.8, 4) is 0 Å². The zero-order valence-corrected chi connectivity index (χ0v) is 16.9. The second kappa shape index (κ2) is 10.2. The summed E-state index contributed by atoms with van der Waals surface area (Å²) >= 11 is 0. The molecule has 0 saturated heterocycles. The lowest BCUT2D eigenvalue weighted by molar-refractivity contribution is -0.183. The third-order valence-electron chi connectivity index (χ3n) is 4.52. The molecule has 0 aliphatic heterocycles. The van der Waals surface area contributed by atoms with Crippen LogP contribution in [-0.2, 0) is 6.42 Å². The number of hydrogen-bond donors (Lipinski definition) is 2. The molecule has 2 atom stereocenters. The molecule has 1 aromatic rings. The first-order valence-corrected chi connectivity index (χ1v) is 8.33. The normalized spacial score (nSPS) is 21.4. The number of pyridine rings is 1. The molecule has 0 spiro atoms. The van der Waals surface area contributed by atoms with E-state index < -0.39 is 12.1 Å². The van der Waals surface area contributed by atoms with Gasteiger partial charge in [-0.3, -0.25) is 9.98 Å². The molecular formula is C17H26F3IN4. The van der Waals surface area contributed by atoms with Crippen LogP contribution in [0.2, 0.25) is 0 Å². The Morgan fingerprint density at radius 1 is 1.36 bits per heavy atom. The Kier molecular flexibility index (Phi) is 8.95. The van der Waals surface area contributed by atoms with Gasteiger partial charge in [0.2, 0.25) is 0 Å². The summed E-state index contributed by atoms with van der Waals surface area (Å²) in [6.07, 6.45) is 1.98. The third kappa shape index (κ3) is 6.99. The van der Waals surface area contributed by atoms with Crippen LogP contribution >= 0.6 is 24.0 Å². The topological polar surface area (TPSA) is 49.3 Å². The number of aromatic nitrogens is 1. The molecule has 0 aromatic carbocycles. The van der Waals surface area contributed by atoms with Gasteiger partial charge in [0.15, 0.2) is 5.96 Å². The van der Waals surface area contributed by atoms with E-state index >= 15 is 0 Å². The van der Waals surface area contributed by atoms with Crippen LogP contribution in [0.5, 0.6) is 0 Å². The van der Waals surface area contributed by atoms with E-state index in [1.807, 2.05) is 19.2 Å². The molecule has 2 rings (SSSR count). The molecule has 8 heteroatoms. The lowest BCUT2D eigenvalue weighted by atomic mass is 9.85. The van der Waals surface area contributed by atoms with E-state index in [2.05, 4.69) is 20.6 Å². The van der Waals surface area contributed by atoms with Crippen molar-refractivity contribution in [2.24, 2.45) is 10.9 Å².